The zero-order valence-corrected chi connectivity index (χ0v) is 15.1. The monoisotopic (exact) mass is 405 g/mol. The molecule has 150 valence electrons. The van der Waals surface area contributed by atoms with Gasteiger partial charge in [-0.3, -0.25) is 14.6 Å². The van der Waals surface area contributed by atoms with Crippen molar-refractivity contribution >= 4 is 5.91 Å². The predicted molar refractivity (Wildman–Crippen MR) is 96.6 cm³/mol. The van der Waals surface area contributed by atoms with Gasteiger partial charge in [0.2, 0.25) is 5.56 Å². The Hall–Kier alpha value is -3.49. The van der Waals surface area contributed by atoms with Crippen LogP contribution < -0.4 is 10.9 Å². The Morgan fingerprint density at radius 1 is 1.10 bits per heavy atom. The van der Waals surface area contributed by atoms with Crippen molar-refractivity contribution in [3.63, 3.8) is 0 Å². The van der Waals surface area contributed by atoms with Gasteiger partial charge in [-0.2, -0.15) is 13.2 Å². The number of pyridine rings is 2. The zero-order valence-electron chi connectivity index (χ0n) is 15.1. The molecule has 0 saturated carbocycles. The van der Waals surface area contributed by atoms with Crippen LogP contribution in [0, 0.1) is 5.82 Å². The summed E-state index contributed by atoms with van der Waals surface area (Å²) in [6.45, 7) is 0. The zero-order chi connectivity index (χ0) is 21.2. The normalized spacial score (nSPS) is 12.4. The first-order valence-electron chi connectivity index (χ1n) is 8.42. The molecule has 0 fully saturated rings. The largest absolute Gasteiger partial charge is 0.416 e. The van der Waals surface area contributed by atoms with Gasteiger partial charge >= 0.3 is 6.18 Å². The molecule has 0 radical (unpaired) electrons. The van der Waals surface area contributed by atoms with E-state index in [-0.39, 0.29) is 22.4 Å². The van der Waals surface area contributed by atoms with Crippen molar-refractivity contribution in [2.24, 2.45) is 7.05 Å². The van der Waals surface area contributed by atoms with Crippen LogP contribution in [0.1, 0.15) is 33.2 Å². The van der Waals surface area contributed by atoms with Gasteiger partial charge in [-0.15, -0.1) is 0 Å². The molecule has 0 spiro atoms. The maximum absolute atomic E-state index is 14.3. The highest BCUT2D eigenvalue weighted by molar-refractivity contribution is 5.94. The Kier molecular flexibility index (Phi) is 5.49. The van der Waals surface area contributed by atoms with Crippen LogP contribution in [0.4, 0.5) is 17.6 Å². The van der Waals surface area contributed by atoms with Gasteiger partial charge in [0.1, 0.15) is 11.5 Å². The number of carbonyl (C=O) groups is 1. The topological polar surface area (TPSA) is 64.0 Å². The lowest BCUT2D eigenvalue weighted by Gasteiger charge is -2.20. The maximum Gasteiger partial charge on any atom is 0.416 e. The molecule has 29 heavy (non-hydrogen) atoms. The van der Waals surface area contributed by atoms with Gasteiger partial charge in [0.15, 0.2) is 0 Å². The highest BCUT2D eigenvalue weighted by Crippen LogP contribution is 2.31. The Morgan fingerprint density at radius 2 is 1.79 bits per heavy atom. The van der Waals surface area contributed by atoms with Crippen LogP contribution in [0.3, 0.4) is 0 Å². The number of carbonyl (C=O) groups excluding carboxylic acids is 1. The van der Waals surface area contributed by atoms with Gasteiger partial charge in [-0.25, -0.2) is 4.39 Å². The fourth-order valence-electron chi connectivity index (χ4n) is 2.73. The standard InChI is InChI=1S/C20H15F4N3O2/c1-27-11-13(6-9-16(27)28)19(29)26-17(18-15(21)3-2-10-25-18)12-4-7-14(8-5-12)20(22,23)24/h2-11,17H,1H3,(H,26,29)/t17-/m0/s1. The van der Waals surface area contributed by atoms with Crippen molar-refractivity contribution in [1.29, 1.82) is 0 Å². The number of benzene rings is 1. The highest BCUT2D eigenvalue weighted by Gasteiger charge is 2.31. The van der Waals surface area contributed by atoms with E-state index in [4.69, 9.17) is 0 Å². The lowest BCUT2D eigenvalue weighted by atomic mass is 10.0. The van der Waals surface area contributed by atoms with E-state index in [0.717, 1.165) is 30.3 Å². The average Bonchev–Trinajstić information content (AvgIpc) is 2.68. The molecule has 0 aliphatic heterocycles. The molecule has 0 aliphatic carbocycles. The smallest absolute Gasteiger partial charge is 0.339 e. The molecular formula is C20H15F4N3O2. The van der Waals surface area contributed by atoms with Crippen LogP contribution in [0.5, 0.6) is 0 Å². The number of halogens is 4. The molecule has 0 aliphatic rings. The van der Waals surface area contributed by atoms with Crippen molar-refractivity contribution in [3.05, 3.63) is 99.5 Å². The molecule has 1 amide bonds. The van der Waals surface area contributed by atoms with Gasteiger partial charge in [0.25, 0.3) is 5.91 Å². The molecule has 2 aromatic heterocycles. The molecule has 0 saturated heterocycles. The molecule has 3 rings (SSSR count). The van der Waals surface area contributed by atoms with Crippen molar-refractivity contribution in [3.8, 4) is 0 Å². The van der Waals surface area contributed by atoms with E-state index >= 15 is 0 Å². The van der Waals surface area contributed by atoms with Gasteiger partial charge in [-0.05, 0) is 35.9 Å². The van der Waals surface area contributed by atoms with Crippen molar-refractivity contribution in [1.82, 2.24) is 14.9 Å². The van der Waals surface area contributed by atoms with Crippen molar-refractivity contribution in [2.75, 3.05) is 0 Å². The molecule has 9 heteroatoms. The number of aryl methyl sites for hydroxylation is 1. The Labute approximate surface area is 162 Å². The summed E-state index contributed by atoms with van der Waals surface area (Å²) in [5.74, 6) is -1.37. The average molecular weight is 405 g/mol. The number of hydrogen-bond acceptors (Lipinski definition) is 3. The predicted octanol–water partition coefficient (Wildman–Crippen LogP) is 3.46. The first kappa shape index (κ1) is 20.2. The Bertz CT molecular complexity index is 1090. The molecule has 1 aromatic carbocycles. The van der Waals surface area contributed by atoms with E-state index in [1.807, 2.05) is 0 Å². The highest BCUT2D eigenvalue weighted by atomic mass is 19.4. The maximum atomic E-state index is 14.3. The number of aromatic nitrogens is 2. The number of hydrogen-bond donors (Lipinski definition) is 1. The number of alkyl halides is 3. The third kappa shape index (κ3) is 4.50. The van der Waals surface area contributed by atoms with Crippen LogP contribution >= 0.6 is 0 Å². The van der Waals surface area contributed by atoms with E-state index < -0.39 is 29.5 Å². The minimum absolute atomic E-state index is 0.125. The summed E-state index contributed by atoms with van der Waals surface area (Å²) in [6, 6.07) is 7.87. The van der Waals surface area contributed by atoms with E-state index in [0.29, 0.717) is 0 Å². The minimum Gasteiger partial charge on any atom is -0.339 e. The fraction of sp³-hybridized carbons (Fsp3) is 0.150. The number of nitrogens with zero attached hydrogens (tertiary/aromatic N) is 2. The second kappa shape index (κ2) is 7.86. The van der Waals surface area contributed by atoms with Crippen molar-refractivity contribution in [2.45, 2.75) is 12.2 Å². The molecule has 1 atom stereocenters. The Morgan fingerprint density at radius 3 is 2.38 bits per heavy atom. The van der Waals surface area contributed by atoms with E-state index in [1.54, 1.807) is 0 Å². The molecule has 0 bridgehead atoms. The summed E-state index contributed by atoms with van der Waals surface area (Å²) in [4.78, 5) is 28.1. The van der Waals surface area contributed by atoms with Crippen LogP contribution in [-0.4, -0.2) is 15.5 Å². The van der Waals surface area contributed by atoms with Crippen LogP contribution in [0.15, 0.2) is 65.7 Å². The summed E-state index contributed by atoms with van der Waals surface area (Å²) in [5.41, 5.74) is -0.998. The summed E-state index contributed by atoms with van der Waals surface area (Å²) >= 11 is 0. The first-order valence-corrected chi connectivity index (χ1v) is 8.42. The quantitative estimate of drug-likeness (QED) is 0.677. The van der Waals surface area contributed by atoms with Gasteiger partial charge in [-0.1, -0.05) is 12.1 Å². The molecule has 3 aromatic rings. The molecule has 0 unspecified atom stereocenters. The van der Waals surface area contributed by atoms with Gasteiger partial charge in [0.05, 0.1) is 17.2 Å². The summed E-state index contributed by atoms with van der Waals surface area (Å²) < 4.78 is 54.0. The van der Waals surface area contributed by atoms with Crippen LogP contribution in [0.25, 0.3) is 0 Å². The first-order chi connectivity index (χ1) is 13.7. The van der Waals surface area contributed by atoms with Gasteiger partial charge < -0.3 is 9.88 Å². The van der Waals surface area contributed by atoms with E-state index in [9.17, 15) is 27.2 Å². The van der Waals surface area contributed by atoms with Crippen molar-refractivity contribution < 1.29 is 22.4 Å². The molecule has 2 heterocycles. The van der Waals surface area contributed by atoms with Gasteiger partial charge in [0, 0.05) is 25.5 Å². The molecule has 5 nitrogen and oxygen atoms in total. The van der Waals surface area contributed by atoms with E-state index in [1.165, 1.54) is 42.2 Å². The summed E-state index contributed by atoms with van der Waals surface area (Å²) in [6.07, 6.45) is -1.91. The fourth-order valence-corrected chi connectivity index (χ4v) is 2.73. The SMILES string of the molecule is Cn1cc(C(=O)N[C@@H](c2ccc(C(F)(F)F)cc2)c2ncccc2F)ccc1=O. The molecule has 1 N–H and O–H groups in total. The number of nitrogens with one attached hydrogen (secondary N) is 1. The third-order valence-electron chi connectivity index (χ3n) is 4.26. The number of rotatable bonds is 4. The van der Waals surface area contributed by atoms with Crippen LogP contribution in [-0.2, 0) is 13.2 Å². The summed E-state index contributed by atoms with van der Waals surface area (Å²) in [7, 11) is 1.46. The second-order valence-electron chi connectivity index (χ2n) is 6.26. The lowest BCUT2D eigenvalue weighted by molar-refractivity contribution is -0.137. The third-order valence-corrected chi connectivity index (χ3v) is 4.26. The van der Waals surface area contributed by atoms with E-state index in [2.05, 4.69) is 10.3 Å². The minimum atomic E-state index is -4.53. The lowest BCUT2D eigenvalue weighted by Crippen LogP contribution is -2.31. The molecular weight excluding hydrogens is 390 g/mol. The summed E-state index contributed by atoms with van der Waals surface area (Å²) in [5, 5.41) is 2.57. The van der Waals surface area contributed by atoms with Crippen LogP contribution in [0.2, 0.25) is 0 Å². The second-order valence-corrected chi connectivity index (χ2v) is 6.26. The Balaban J connectivity index is 2.00. The number of amides is 1.